The van der Waals surface area contributed by atoms with Crippen LogP contribution in [0, 0.1) is 0 Å². The van der Waals surface area contributed by atoms with Gasteiger partial charge in [0.15, 0.2) is 0 Å². The summed E-state index contributed by atoms with van der Waals surface area (Å²) in [5, 5.41) is 0. The van der Waals surface area contributed by atoms with Crippen molar-refractivity contribution in [3.8, 4) is 0 Å². The van der Waals surface area contributed by atoms with Crippen LogP contribution >= 0.6 is 0 Å². The highest BCUT2D eigenvalue weighted by Gasteiger charge is 1.93. The zero-order chi connectivity index (χ0) is 9.52. The van der Waals surface area contributed by atoms with E-state index < -0.39 is 0 Å². The number of ether oxygens (including phenoxy) is 1. The van der Waals surface area contributed by atoms with Gasteiger partial charge >= 0.3 is 5.69 Å². The highest BCUT2D eigenvalue weighted by atomic mass is 16.5. The first kappa shape index (κ1) is 9.92. The van der Waals surface area contributed by atoms with Crippen LogP contribution in [0.4, 0.5) is 0 Å². The lowest BCUT2D eigenvalue weighted by Crippen LogP contribution is -2.22. The first-order valence-corrected chi connectivity index (χ1v) is 4.44. The van der Waals surface area contributed by atoms with Crippen LogP contribution in [0.1, 0.15) is 13.3 Å². The van der Waals surface area contributed by atoms with Gasteiger partial charge in [0, 0.05) is 32.2 Å². The second-order valence-electron chi connectivity index (χ2n) is 2.65. The summed E-state index contributed by atoms with van der Waals surface area (Å²) in [6.07, 6.45) is 4.09. The fourth-order valence-corrected chi connectivity index (χ4v) is 1.04. The second-order valence-corrected chi connectivity index (χ2v) is 2.65. The van der Waals surface area contributed by atoms with Gasteiger partial charge in [-0.2, -0.15) is 0 Å². The van der Waals surface area contributed by atoms with Gasteiger partial charge in [-0.25, -0.2) is 9.78 Å². The lowest BCUT2D eigenvalue weighted by Gasteiger charge is -2.03. The molecule has 0 bridgehead atoms. The molecule has 0 spiro atoms. The highest BCUT2D eigenvalue weighted by molar-refractivity contribution is 4.80. The molecular weight excluding hydrogens is 168 g/mol. The first-order valence-electron chi connectivity index (χ1n) is 4.44. The zero-order valence-corrected chi connectivity index (χ0v) is 7.77. The van der Waals surface area contributed by atoms with E-state index in [9.17, 15) is 4.79 Å². The fraction of sp³-hybridized carbons (Fsp3) is 0.556. The largest absolute Gasteiger partial charge is 0.382 e. The quantitative estimate of drug-likeness (QED) is 0.629. The SMILES string of the molecule is CCOCCCn1cccnc1=O. The monoisotopic (exact) mass is 182 g/mol. The van der Waals surface area contributed by atoms with E-state index >= 15 is 0 Å². The van der Waals surface area contributed by atoms with Crippen LogP contribution in [0.25, 0.3) is 0 Å². The van der Waals surface area contributed by atoms with Crippen molar-refractivity contribution in [2.75, 3.05) is 13.2 Å². The third-order valence-corrected chi connectivity index (χ3v) is 1.67. The number of aryl methyl sites for hydroxylation is 1. The van der Waals surface area contributed by atoms with Crippen molar-refractivity contribution >= 4 is 0 Å². The molecule has 0 fully saturated rings. The van der Waals surface area contributed by atoms with Crippen molar-refractivity contribution in [1.82, 2.24) is 9.55 Å². The molecule has 1 aromatic rings. The molecule has 4 nitrogen and oxygen atoms in total. The Kier molecular flexibility index (Phi) is 4.18. The summed E-state index contributed by atoms with van der Waals surface area (Å²) < 4.78 is 6.74. The van der Waals surface area contributed by atoms with E-state index in [0.29, 0.717) is 13.2 Å². The molecule has 1 rings (SSSR count). The maximum atomic E-state index is 11.1. The predicted octanol–water partition coefficient (Wildman–Crippen LogP) is 0.670. The summed E-state index contributed by atoms with van der Waals surface area (Å²) in [7, 11) is 0. The Morgan fingerprint density at radius 3 is 3.15 bits per heavy atom. The molecule has 0 atom stereocenters. The summed E-state index contributed by atoms with van der Waals surface area (Å²) in [5.74, 6) is 0. The minimum Gasteiger partial charge on any atom is -0.382 e. The van der Waals surface area contributed by atoms with Gasteiger partial charge in [0.1, 0.15) is 0 Å². The van der Waals surface area contributed by atoms with E-state index in [1.165, 1.54) is 6.20 Å². The fourth-order valence-electron chi connectivity index (χ4n) is 1.04. The molecule has 1 aromatic heterocycles. The first-order chi connectivity index (χ1) is 6.34. The van der Waals surface area contributed by atoms with E-state index in [2.05, 4.69) is 4.98 Å². The Labute approximate surface area is 77.2 Å². The molecule has 0 saturated heterocycles. The molecule has 13 heavy (non-hydrogen) atoms. The van der Waals surface area contributed by atoms with Crippen molar-refractivity contribution in [3.05, 3.63) is 28.9 Å². The summed E-state index contributed by atoms with van der Waals surface area (Å²) in [5.41, 5.74) is -0.195. The maximum absolute atomic E-state index is 11.1. The van der Waals surface area contributed by atoms with Gasteiger partial charge in [-0.05, 0) is 19.4 Å². The van der Waals surface area contributed by atoms with Gasteiger partial charge in [-0.15, -0.1) is 0 Å². The van der Waals surface area contributed by atoms with Crippen molar-refractivity contribution in [2.45, 2.75) is 19.9 Å². The Hall–Kier alpha value is -1.16. The predicted molar refractivity (Wildman–Crippen MR) is 49.6 cm³/mol. The van der Waals surface area contributed by atoms with E-state index in [1.54, 1.807) is 16.8 Å². The molecule has 0 unspecified atom stereocenters. The maximum Gasteiger partial charge on any atom is 0.347 e. The average Bonchev–Trinajstić information content (AvgIpc) is 2.15. The Morgan fingerprint density at radius 2 is 2.46 bits per heavy atom. The third-order valence-electron chi connectivity index (χ3n) is 1.67. The number of aromatic nitrogens is 2. The van der Waals surface area contributed by atoms with E-state index in [0.717, 1.165) is 13.0 Å². The molecular formula is C9H14N2O2. The smallest absolute Gasteiger partial charge is 0.347 e. The minimum absolute atomic E-state index is 0.195. The third kappa shape index (κ3) is 3.38. The Morgan fingerprint density at radius 1 is 1.62 bits per heavy atom. The lowest BCUT2D eigenvalue weighted by atomic mass is 10.4. The Balaban J connectivity index is 2.37. The second kappa shape index (κ2) is 5.48. The van der Waals surface area contributed by atoms with E-state index in [4.69, 9.17) is 4.74 Å². The lowest BCUT2D eigenvalue weighted by molar-refractivity contribution is 0.141. The number of hydrogen-bond acceptors (Lipinski definition) is 3. The van der Waals surface area contributed by atoms with Crippen LogP contribution in [-0.4, -0.2) is 22.8 Å². The van der Waals surface area contributed by atoms with Crippen LogP contribution in [0.2, 0.25) is 0 Å². The van der Waals surface area contributed by atoms with Crippen molar-refractivity contribution in [1.29, 1.82) is 0 Å². The van der Waals surface area contributed by atoms with Gasteiger partial charge in [0.2, 0.25) is 0 Å². The molecule has 1 heterocycles. The molecule has 0 saturated carbocycles. The minimum atomic E-state index is -0.195. The van der Waals surface area contributed by atoms with Crippen LogP contribution in [0.5, 0.6) is 0 Å². The van der Waals surface area contributed by atoms with Gasteiger partial charge < -0.3 is 4.74 Å². The Bertz CT molecular complexity index is 296. The van der Waals surface area contributed by atoms with E-state index in [-0.39, 0.29) is 5.69 Å². The van der Waals surface area contributed by atoms with Crippen LogP contribution in [-0.2, 0) is 11.3 Å². The standard InChI is InChI=1S/C9H14N2O2/c1-2-13-8-4-7-11-6-3-5-10-9(11)12/h3,5-6H,2,4,7-8H2,1H3. The van der Waals surface area contributed by atoms with Gasteiger partial charge in [-0.3, -0.25) is 4.57 Å². The van der Waals surface area contributed by atoms with E-state index in [1.807, 2.05) is 6.92 Å². The molecule has 0 aliphatic heterocycles. The van der Waals surface area contributed by atoms with Gasteiger partial charge in [0.05, 0.1) is 0 Å². The number of nitrogens with zero attached hydrogens (tertiary/aromatic N) is 2. The van der Waals surface area contributed by atoms with Crippen LogP contribution in [0.15, 0.2) is 23.3 Å². The van der Waals surface area contributed by atoms with Crippen molar-refractivity contribution in [2.24, 2.45) is 0 Å². The topological polar surface area (TPSA) is 44.1 Å². The highest BCUT2D eigenvalue weighted by Crippen LogP contribution is 1.87. The van der Waals surface area contributed by atoms with Gasteiger partial charge in [-0.1, -0.05) is 0 Å². The number of hydrogen-bond donors (Lipinski definition) is 0. The zero-order valence-electron chi connectivity index (χ0n) is 7.77. The molecule has 4 heteroatoms. The van der Waals surface area contributed by atoms with Crippen LogP contribution in [0.3, 0.4) is 0 Å². The molecule has 0 aliphatic carbocycles. The van der Waals surface area contributed by atoms with Crippen molar-refractivity contribution < 1.29 is 4.74 Å². The molecule has 0 N–H and O–H groups in total. The summed E-state index contributed by atoms with van der Waals surface area (Å²) in [6.45, 7) is 4.04. The molecule has 72 valence electrons. The molecule has 0 aliphatic rings. The van der Waals surface area contributed by atoms with Gasteiger partial charge in [0.25, 0.3) is 0 Å². The normalized spacial score (nSPS) is 10.2. The van der Waals surface area contributed by atoms with Crippen molar-refractivity contribution in [3.63, 3.8) is 0 Å². The molecule has 0 aromatic carbocycles. The van der Waals surface area contributed by atoms with Crippen LogP contribution < -0.4 is 5.69 Å². The molecule has 0 amide bonds. The summed E-state index contributed by atoms with van der Waals surface area (Å²) in [6, 6.07) is 1.75. The average molecular weight is 182 g/mol. The number of rotatable bonds is 5. The molecule has 0 radical (unpaired) electrons. The summed E-state index contributed by atoms with van der Waals surface area (Å²) in [4.78, 5) is 14.7. The summed E-state index contributed by atoms with van der Waals surface area (Å²) >= 11 is 0.